The van der Waals surface area contributed by atoms with Gasteiger partial charge in [0.05, 0.1) is 5.56 Å². The summed E-state index contributed by atoms with van der Waals surface area (Å²) in [5.74, 6) is -0.554. The number of hydrogen-bond donors (Lipinski definition) is 1. The van der Waals surface area contributed by atoms with E-state index in [0.717, 1.165) is 0 Å². The Balaban J connectivity index is 2.34. The molecule has 2 rings (SSSR count). The minimum atomic E-state index is -0.981. The molecule has 0 radical (unpaired) electrons. The quantitative estimate of drug-likeness (QED) is 0.791. The zero-order chi connectivity index (χ0) is 11.5. The number of hydrogen-bond acceptors (Lipinski definition) is 5. The highest BCUT2D eigenvalue weighted by atomic mass is 16.5. The second-order valence-corrected chi connectivity index (χ2v) is 2.94. The molecule has 1 aromatic carbocycles. The molecular weight excluding hydrogens is 210 g/mol. The van der Waals surface area contributed by atoms with Gasteiger partial charge in [0, 0.05) is 5.56 Å². The average molecular weight is 217 g/mol. The van der Waals surface area contributed by atoms with Crippen molar-refractivity contribution in [3.8, 4) is 11.5 Å². The van der Waals surface area contributed by atoms with Gasteiger partial charge in [0.25, 0.3) is 11.8 Å². The van der Waals surface area contributed by atoms with Gasteiger partial charge in [-0.3, -0.25) is 0 Å². The van der Waals surface area contributed by atoms with Crippen LogP contribution in [0.5, 0.6) is 0 Å². The first-order valence-electron chi connectivity index (χ1n) is 4.35. The van der Waals surface area contributed by atoms with Crippen LogP contribution in [-0.4, -0.2) is 27.9 Å². The van der Waals surface area contributed by atoms with Crippen molar-refractivity contribution in [2.75, 3.05) is 0 Å². The zero-order valence-corrected chi connectivity index (χ0v) is 8.12. The second-order valence-electron chi connectivity index (χ2n) is 2.94. The normalized spacial score (nSPS) is 10.0. The summed E-state index contributed by atoms with van der Waals surface area (Å²) in [5.41, 5.74) is 0.831. The van der Waals surface area contributed by atoms with E-state index in [-0.39, 0.29) is 17.4 Å². The number of aliphatic imine (C=N–C) groups is 1. The number of aromatic carboxylic acids is 1. The number of carbonyl (C=O) groups is 1. The van der Waals surface area contributed by atoms with Gasteiger partial charge in [-0.25, -0.2) is 9.79 Å². The first-order valence-corrected chi connectivity index (χ1v) is 4.35. The molecule has 0 aliphatic rings. The van der Waals surface area contributed by atoms with E-state index >= 15 is 0 Å². The van der Waals surface area contributed by atoms with Crippen LogP contribution in [0.25, 0.3) is 11.5 Å². The molecule has 1 aromatic heterocycles. The molecule has 6 heteroatoms. The number of carboxylic acid groups (broad SMARTS) is 1. The van der Waals surface area contributed by atoms with E-state index in [0.29, 0.717) is 5.56 Å². The molecule has 0 fully saturated rings. The predicted molar refractivity (Wildman–Crippen MR) is 55.9 cm³/mol. The van der Waals surface area contributed by atoms with Gasteiger partial charge >= 0.3 is 5.97 Å². The van der Waals surface area contributed by atoms with E-state index in [4.69, 9.17) is 9.63 Å². The fourth-order valence-corrected chi connectivity index (χ4v) is 1.15. The van der Waals surface area contributed by atoms with Crippen LogP contribution in [0.15, 0.2) is 33.8 Å². The van der Waals surface area contributed by atoms with Crippen LogP contribution in [0.4, 0.5) is 5.95 Å². The highest BCUT2D eigenvalue weighted by Crippen LogP contribution is 2.19. The molecule has 0 saturated heterocycles. The summed E-state index contributed by atoms with van der Waals surface area (Å²) < 4.78 is 4.90. The Morgan fingerprint density at radius 3 is 2.56 bits per heavy atom. The van der Waals surface area contributed by atoms with Crippen molar-refractivity contribution in [2.45, 2.75) is 0 Å². The summed E-state index contributed by atoms with van der Waals surface area (Å²) in [6, 6.07) is 6.10. The van der Waals surface area contributed by atoms with Crippen molar-refractivity contribution < 1.29 is 14.4 Å². The van der Waals surface area contributed by atoms with E-state index < -0.39 is 5.97 Å². The zero-order valence-electron chi connectivity index (χ0n) is 8.12. The lowest BCUT2D eigenvalue weighted by Gasteiger charge is -1.95. The van der Waals surface area contributed by atoms with Crippen LogP contribution in [0.3, 0.4) is 0 Å². The van der Waals surface area contributed by atoms with Crippen molar-refractivity contribution in [2.24, 2.45) is 4.99 Å². The predicted octanol–water partition coefficient (Wildman–Crippen LogP) is 1.77. The number of rotatable bonds is 3. The van der Waals surface area contributed by atoms with Crippen LogP contribution in [0, 0.1) is 0 Å². The van der Waals surface area contributed by atoms with Gasteiger partial charge in [-0.15, -0.1) is 0 Å². The van der Waals surface area contributed by atoms with Gasteiger partial charge in [-0.2, -0.15) is 4.98 Å². The van der Waals surface area contributed by atoms with Gasteiger partial charge in [-0.05, 0) is 36.1 Å². The maximum absolute atomic E-state index is 10.6. The molecule has 0 amide bonds. The molecule has 0 bridgehead atoms. The van der Waals surface area contributed by atoms with Crippen molar-refractivity contribution in [1.82, 2.24) is 10.1 Å². The summed E-state index contributed by atoms with van der Waals surface area (Å²) in [6.07, 6.45) is 0. The van der Waals surface area contributed by atoms with Gasteiger partial charge in [0.2, 0.25) is 0 Å². The van der Waals surface area contributed by atoms with Crippen LogP contribution in [0.2, 0.25) is 0 Å². The molecule has 0 aliphatic heterocycles. The highest BCUT2D eigenvalue weighted by Gasteiger charge is 2.08. The standard InChI is InChI=1S/C10H7N3O3/c1-11-10-12-8(16-13-10)6-2-4-7(5-3-6)9(14)15/h2-5H,1H2,(H,14,15). The number of aromatic nitrogens is 2. The smallest absolute Gasteiger partial charge is 0.335 e. The van der Waals surface area contributed by atoms with Crippen molar-refractivity contribution in [3.63, 3.8) is 0 Å². The maximum Gasteiger partial charge on any atom is 0.335 e. The van der Waals surface area contributed by atoms with E-state index in [1.165, 1.54) is 12.1 Å². The lowest BCUT2D eigenvalue weighted by atomic mass is 10.1. The number of nitrogens with zero attached hydrogens (tertiary/aromatic N) is 3. The molecule has 0 saturated carbocycles. The van der Waals surface area contributed by atoms with Crippen LogP contribution < -0.4 is 0 Å². The van der Waals surface area contributed by atoms with E-state index in [9.17, 15) is 4.79 Å². The summed E-state index contributed by atoms with van der Waals surface area (Å²) in [4.78, 5) is 18.0. The summed E-state index contributed by atoms with van der Waals surface area (Å²) >= 11 is 0. The third-order valence-corrected chi connectivity index (χ3v) is 1.94. The first kappa shape index (κ1) is 10.0. The second kappa shape index (κ2) is 3.93. The van der Waals surface area contributed by atoms with E-state index in [1.807, 2.05) is 0 Å². The fraction of sp³-hybridized carbons (Fsp3) is 0. The first-order chi connectivity index (χ1) is 7.70. The highest BCUT2D eigenvalue weighted by molar-refractivity contribution is 5.88. The molecule has 80 valence electrons. The van der Waals surface area contributed by atoms with Crippen LogP contribution in [-0.2, 0) is 0 Å². The molecule has 0 atom stereocenters. The number of carboxylic acids is 1. The van der Waals surface area contributed by atoms with Crippen molar-refractivity contribution in [3.05, 3.63) is 29.8 Å². The minimum absolute atomic E-state index is 0.150. The lowest BCUT2D eigenvalue weighted by Crippen LogP contribution is -1.94. The van der Waals surface area contributed by atoms with Gasteiger partial charge in [0.1, 0.15) is 0 Å². The molecule has 16 heavy (non-hydrogen) atoms. The summed E-state index contributed by atoms with van der Waals surface area (Å²) in [5, 5.41) is 12.3. The molecule has 6 nitrogen and oxygen atoms in total. The maximum atomic E-state index is 10.6. The summed E-state index contributed by atoms with van der Waals surface area (Å²) in [7, 11) is 0. The topological polar surface area (TPSA) is 88.6 Å². The molecular formula is C10H7N3O3. The van der Waals surface area contributed by atoms with Crippen LogP contribution in [0.1, 0.15) is 10.4 Å². The molecule has 0 spiro atoms. The Kier molecular flexibility index (Phi) is 2.47. The van der Waals surface area contributed by atoms with Crippen molar-refractivity contribution in [1.29, 1.82) is 0 Å². The Morgan fingerprint density at radius 2 is 2.06 bits per heavy atom. The van der Waals surface area contributed by atoms with E-state index in [1.54, 1.807) is 12.1 Å². The average Bonchev–Trinajstić information content (AvgIpc) is 2.77. The third-order valence-electron chi connectivity index (χ3n) is 1.94. The van der Waals surface area contributed by atoms with Gasteiger partial charge < -0.3 is 9.63 Å². The van der Waals surface area contributed by atoms with E-state index in [2.05, 4.69) is 21.9 Å². The Hall–Kier alpha value is -2.50. The summed E-state index contributed by atoms with van der Waals surface area (Å²) in [6.45, 7) is 3.26. The molecule has 0 unspecified atom stereocenters. The third kappa shape index (κ3) is 1.81. The van der Waals surface area contributed by atoms with Crippen LogP contribution >= 0.6 is 0 Å². The SMILES string of the molecule is C=Nc1noc(-c2ccc(C(=O)O)cc2)n1. The minimum Gasteiger partial charge on any atom is -0.478 e. The molecule has 1 heterocycles. The van der Waals surface area contributed by atoms with Gasteiger partial charge in [0.15, 0.2) is 0 Å². The largest absolute Gasteiger partial charge is 0.478 e. The monoisotopic (exact) mass is 217 g/mol. The lowest BCUT2D eigenvalue weighted by molar-refractivity contribution is 0.0697. The Labute approximate surface area is 90.3 Å². The molecule has 0 aliphatic carbocycles. The Morgan fingerprint density at radius 1 is 1.38 bits per heavy atom. The Bertz CT molecular complexity index is 530. The molecule has 2 aromatic rings. The fourth-order valence-electron chi connectivity index (χ4n) is 1.15. The van der Waals surface area contributed by atoms with Crippen molar-refractivity contribution >= 4 is 18.6 Å². The van der Waals surface area contributed by atoms with Gasteiger partial charge in [-0.1, -0.05) is 0 Å². The molecule has 1 N–H and O–H groups in total. The number of benzene rings is 1.